The van der Waals surface area contributed by atoms with E-state index in [1.54, 1.807) is 0 Å². The highest BCUT2D eigenvalue weighted by Crippen LogP contribution is 2.39. The molecule has 3 nitrogen and oxygen atoms in total. The van der Waals surface area contributed by atoms with Crippen molar-refractivity contribution < 1.29 is 0 Å². The third-order valence-electron chi connectivity index (χ3n) is 4.43. The number of nitrogens with zero attached hydrogens (tertiary/aromatic N) is 2. The van der Waals surface area contributed by atoms with E-state index < -0.39 is 0 Å². The Labute approximate surface area is 107 Å². The van der Waals surface area contributed by atoms with E-state index in [1.165, 1.54) is 58.5 Å². The topological polar surface area (TPSA) is 18.5 Å². The largest absolute Gasteiger partial charge is 0.316 e. The van der Waals surface area contributed by atoms with Gasteiger partial charge in [-0.3, -0.25) is 0 Å². The molecule has 17 heavy (non-hydrogen) atoms. The van der Waals surface area contributed by atoms with Crippen LogP contribution in [0.3, 0.4) is 0 Å². The maximum absolute atomic E-state index is 3.41. The van der Waals surface area contributed by atoms with Gasteiger partial charge in [0.25, 0.3) is 0 Å². The Morgan fingerprint density at radius 1 is 1.00 bits per heavy atom. The van der Waals surface area contributed by atoms with E-state index in [-0.39, 0.29) is 0 Å². The number of likely N-dealkylation sites (N-methyl/N-ethyl adjacent to an activating group) is 1. The molecule has 2 fully saturated rings. The summed E-state index contributed by atoms with van der Waals surface area (Å²) >= 11 is 0. The van der Waals surface area contributed by atoms with E-state index in [2.05, 4.69) is 29.0 Å². The van der Waals surface area contributed by atoms with E-state index >= 15 is 0 Å². The molecule has 0 aliphatic carbocycles. The van der Waals surface area contributed by atoms with Crippen molar-refractivity contribution in [3.05, 3.63) is 0 Å². The van der Waals surface area contributed by atoms with Crippen molar-refractivity contribution in [2.24, 2.45) is 5.41 Å². The van der Waals surface area contributed by atoms with Crippen LogP contribution in [0.4, 0.5) is 0 Å². The Balaban J connectivity index is 1.62. The molecule has 2 aliphatic rings. The van der Waals surface area contributed by atoms with E-state index in [0.717, 1.165) is 13.1 Å². The first-order valence-electron chi connectivity index (χ1n) is 7.43. The fourth-order valence-electron chi connectivity index (χ4n) is 3.36. The molecule has 0 amide bonds. The lowest BCUT2D eigenvalue weighted by atomic mass is 9.72. The normalized spacial score (nSPS) is 25.1. The Morgan fingerprint density at radius 2 is 1.71 bits per heavy atom. The van der Waals surface area contributed by atoms with Gasteiger partial charge in [0.15, 0.2) is 0 Å². The molecule has 0 radical (unpaired) electrons. The summed E-state index contributed by atoms with van der Waals surface area (Å²) in [6, 6.07) is 0. The van der Waals surface area contributed by atoms with E-state index in [9.17, 15) is 0 Å². The highest BCUT2D eigenvalue weighted by atomic mass is 15.2. The predicted molar refractivity (Wildman–Crippen MR) is 73.4 cm³/mol. The summed E-state index contributed by atoms with van der Waals surface area (Å²) in [7, 11) is 0. The lowest BCUT2D eigenvalue weighted by Gasteiger charge is -2.54. The van der Waals surface area contributed by atoms with E-state index in [1.807, 2.05) is 0 Å². The number of hydrogen-bond donors (Lipinski definition) is 1. The van der Waals surface area contributed by atoms with Gasteiger partial charge in [0.05, 0.1) is 0 Å². The summed E-state index contributed by atoms with van der Waals surface area (Å²) in [6.45, 7) is 14.7. The van der Waals surface area contributed by atoms with Gasteiger partial charge in [0.1, 0.15) is 0 Å². The van der Waals surface area contributed by atoms with Crippen LogP contribution in [0.1, 0.15) is 33.1 Å². The molecule has 0 aromatic heterocycles. The smallest absolute Gasteiger partial charge is 0.0107 e. The SMILES string of the molecule is CCCN1CCC2(CC1)CN(CCNCC)C2. The minimum absolute atomic E-state index is 0.705. The maximum atomic E-state index is 3.41. The Kier molecular flexibility index (Phi) is 4.83. The van der Waals surface area contributed by atoms with Gasteiger partial charge in [-0.1, -0.05) is 13.8 Å². The van der Waals surface area contributed by atoms with Gasteiger partial charge in [0.2, 0.25) is 0 Å². The molecular formula is C14H29N3. The molecule has 0 aromatic carbocycles. The zero-order valence-electron chi connectivity index (χ0n) is 11.7. The van der Waals surface area contributed by atoms with Gasteiger partial charge >= 0.3 is 0 Å². The summed E-state index contributed by atoms with van der Waals surface area (Å²) in [6.07, 6.45) is 4.18. The van der Waals surface area contributed by atoms with E-state index in [0.29, 0.717) is 5.41 Å². The molecule has 0 aromatic rings. The first-order valence-corrected chi connectivity index (χ1v) is 7.43. The second-order valence-corrected chi connectivity index (χ2v) is 5.91. The first kappa shape index (κ1) is 13.3. The second-order valence-electron chi connectivity index (χ2n) is 5.91. The van der Waals surface area contributed by atoms with Crippen molar-refractivity contribution in [3.8, 4) is 0 Å². The zero-order chi connectivity index (χ0) is 12.1. The fraction of sp³-hybridized carbons (Fsp3) is 1.00. The molecule has 0 unspecified atom stereocenters. The van der Waals surface area contributed by atoms with Gasteiger partial charge in [-0.15, -0.1) is 0 Å². The maximum Gasteiger partial charge on any atom is 0.0107 e. The average molecular weight is 239 g/mol. The van der Waals surface area contributed by atoms with Crippen LogP contribution in [0.2, 0.25) is 0 Å². The Hall–Kier alpha value is -0.120. The van der Waals surface area contributed by atoms with Crippen LogP contribution in [0.15, 0.2) is 0 Å². The number of rotatable bonds is 6. The monoisotopic (exact) mass is 239 g/mol. The highest BCUT2D eigenvalue weighted by Gasteiger charge is 2.43. The molecule has 2 saturated heterocycles. The van der Waals surface area contributed by atoms with Gasteiger partial charge in [0, 0.05) is 26.2 Å². The van der Waals surface area contributed by atoms with Crippen molar-refractivity contribution in [2.75, 3.05) is 52.4 Å². The van der Waals surface area contributed by atoms with Gasteiger partial charge < -0.3 is 15.1 Å². The molecule has 0 atom stereocenters. The van der Waals surface area contributed by atoms with Crippen LogP contribution < -0.4 is 5.32 Å². The minimum Gasteiger partial charge on any atom is -0.316 e. The quantitative estimate of drug-likeness (QED) is 0.707. The number of hydrogen-bond acceptors (Lipinski definition) is 3. The number of nitrogens with one attached hydrogen (secondary N) is 1. The predicted octanol–water partition coefficient (Wildman–Crippen LogP) is 1.40. The standard InChI is InChI=1S/C14H29N3/c1-3-8-16-9-5-14(6-10-16)12-17(13-14)11-7-15-4-2/h15H,3-13H2,1-2H3. The van der Waals surface area contributed by atoms with Crippen molar-refractivity contribution in [2.45, 2.75) is 33.1 Å². The summed E-state index contributed by atoms with van der Waals surface area (Å²) in [5, 5.41) is 3.41. The molecule has 100 valence electrons. The molecule has 2 aliphatic heterocycles. The Morgan fingerprint density at radius 3 is 2.29 bits per heavy atom. The first-order chi connectivity index (χ1) is 8.28. The molecule has 2 rings (SSSR count). The lowest BCUT2D eigenvalue weighted by Crippen LogP contribution is -2.61. The molecule has 1 N–H and O–H groups in total. The molecule has 0 saturated carbocycles. The fourth-order valence-corrected chi connectivity index (χ4v) is 3.36. The van der Waals surface area contributed by atoms with Crippen molar-refractivity contribution in [1.29, 1.82) is 0 Å². The highest BCUT2D eigenvalue weighted by molar-refractivity contribution is 4.98. The second kappa shape index (κ2) is 6.17. The third kappa shape index (κ3) is 3.43. The molecule has 3 heteroatoms. The van der Waals surface area contributed by atoms with Gasteiger partial charge in [-0.05, 0) is 50.9 Å². The Bertz CT molecular complexity index is 214. The van der Waals surface area contributed by atoms with Gasteiger partial charge in [-0.2, -0.15) is 0 Å². The third-order valence-corrected chi connectivity index (χ3v) is 4.43. The van der Waals surface area contributed by atoms with Crippen LogP contribution in [-0.4, -0.2) is 62.2 Å². The van der Waals surface area contributed by atoms with E-state index in [4.69, 9.17) is 0 Å². The summed E-state index contributed by atoms with van der Waals surface area (Å²) < 4.78 is 0. The van der Waals surface area contributed by atoms with Gasteiger partial charge in [-0.25, -0.2) is 0 Å². The number of likely N-dealkylation sites (tertiary alicyclic amines) is 2. The molecule has 1 spiro atoms. The van der Waals surface area contributed by atoms with Crippen LogP contribution in [-0.2, 0) is 0 Å². The molecule has 2 heterocycles. The van der Waals surface area contributed by atoms with Crippen LogP contribution in [0, 0.1) is 5.41 Å². The summed E-state index contributed by atoms with van der Waals surface area (Å²) in [5.41, 5.74) is 0.705. The molecule has 0 bridgehead atoms. The summed E-state index contributed by atoms with van der Waals surface area (Å²) in [4.78, 5) is 5.27. The van der Waals surface area contributed by atoms with Crippen molar-refractivity contribution in [1.82, 2.24) is 15.1 Å². The van der Waals surface area contributed by atoms with Crippen LogP contribution in [0.25, 0.3) is 0 Å². The van der Waals surface area contributed by atoms with Crippen LogP contribution in [0.5, 0.6) is 0 Å². The van der Waals surface area contributed by atoms with Crippen molar-refractivity contribution >= 4 is 0 Å². The average Bonchev–Trinajstić information content (AvgIpc) is 2.30. The van der Waals surface area contributed by atoms with Crippen LogP contribution >= 0.6 is 0 Å². The van der Waals surface area contributed by atoms with Crippen molar-refractivity contribution in [3.63, 3.8) is 0 Å². The minimum atomic E-state index is 0.705. The lowest BCUT2D eigenvalue weighted by molar-refractivity contribution is -0.0452. The molecular weight excluding hydrogens is 210 g/mol. The number of piperidine rings is 1. The summed E-state index contributed by atoms with van der Waals surface area (Å²) in [5.74, 6) is 0. The zero-order valence-corrected chi connectivity index (χ0v) is 11.7.